The zero-order chi connectivity index (χ0) is 39.4. The topological polar surface area (TPSA) is 44.2 Å². The van der Waals surface area contributed by atoms with Gasteiger partial charge in [-0.05, 0) is 126 Å². The SMILES string of the molecule is Cc1c(C)n2c(=O)c3cc(-c4ccc5c(c4)c4cc(-c6ccc7c(c6)c6ccccc6n7-c6ccccc6)ccc4n5-c4ccccc4)ccc3nc2c2ccccc12. The molecule has 0 amide bonds. The molecule has 0 saturated heterocycles. The fourth-order valence-corrected chi connectivity index (χ4v) is 9.47. The summed E-state index contributed by atoms with van der Waals surface area (Å²) in [4.78, 5) is 19.4. The Balaban J connectivity index is 1.05. The van der Waals surface area contributed by atoms with Crippen LogP contribution in [0.4, 0.5) is 0 Å². The molecule has 59 heavy (non-hydrogen) atoms. The van der Waals surface area contributed by atoms with Crippen molar-refractivity contribution in [2.45, 2.75) is 13.8 Å². The van der Waals surface area contributed by atoms with Gasteiger partial charge in [-0.15, -0.1) is 0 Å². The van der Waals surface area contributed by atoms with Crippen LogP contribution in [0.15, 0.2) is 187 Å². The molecule has 0 spiro atoms. The number of aromatic nitrogens is 4. The second kappa shape index (κ2) is 12.6. The zero-order valence-electron chi connectivity index (χ0n) is 32.5. The van der Waals surface area contributed by atoms with Gasteiger partial charge in [0.2, 0.25) is 0 Å². The van der Waals surface area contributed by atoms with Crippen LogP contribution in [0.2, 0.25) is 0 Å². The molecule has 4 aromatic heterocycles. The summed E-state index contributed by atoms with van der Waals surface area (Å²) in [6, 6.07) is 64.6. The molecule has 0 aliphatic carbocycles. The molecule has 0 radical (unpaired) electrons. The molecule has 0 saturated carbocycles. The lowest BCUT2D eigenvalue weighted by molar-refractivity contribution is 1.01. The van der Waals surface area contributed by atoms with Crippen LogP contribution in [-0.2, 0) is 0 Å². The van der Waals surface area contributed by atoms with Crippen LogP contribution in [0.5, 0.6) is 0 Å². The van der Waals surface area contributed by atoms with Gasteiger partial charge >= 0.3 is 0 Å². The minimum atomic E-state index is -0.0477. The van der Waals surface area contributed by atoms with E-state index in [2.05, 4.69) is 174 Å². The third kappa shape index (κ3) is 4.91. The maximum absolute atomic E-state index is 14.4. The standard InChI is InChI=1S/C54H36N4O/c1-33-34(2)56-53(43-19-10-9-17-41(33)43)55-48-25-21-35(32-47(48)54(56)59)37-23-27-51-45(30-37)46-31-38(24-28-52(46)58(51)40-15-7-4-8-16-40)36-22-26-50-44(29-36)42-18-11-12-20-49(42)57(50)39-13-5-3-6-14-39/h3-32H,1-2H3. The van der Waals surface area contributed by atoms with E-state index >= 15 is 0 Å². The van der Waals surface area contributed by atoms with E-state index in [1.807, 2.05) is 31.2 Å². The number of nitrogens with zero attached hydrogens (tertiary/aromatic N) is 4. The first-order valence-electron chi connectivity index (χ1n) is 20.1. The van der Waals surface area contributed by atoms with E-state index in [1.165, 1.54) is 32.8 Å². The lowest BCUT2D eigenvalue weighted by Gasteiger charge is -2.14. The van der Waals surface area contributed by atoms with E-state index in [-0.39, 0.29) is 5.56 Å². The molecule has 0 aliphatic heterocycles. The number of aryl methyl sites for hydroxylation is 2. The van der Waals surface area contributed by atoms with Crippen LogP contribution in [-0.4, -0.2) is 18.5 Å². The smallest absolute Gasteiger partial charge is 0.265 e. The summed E-state index contributed by atoms with van der Waals surface area (Å²) >= 11 is 0. The molecule has 5 nitrogen and oxygen atoms in total. The van der Waals surface area contributed by atoms with Crippen LogP contribution < -0.4 is 5.56 Å². The van der Waals surface area contributed by atoms with Crippen LogP contribution in [0.3, 0.4) is 0 Å². The number of pyridine rings is 1. The molecule has 8 aromatic carbocycles. The first-order valence-corrected chi connectivity index (χ1v) is 20.1. The van der Waals surface area contributed by atoms with Gasteiger partial charge in [-0.25, -0.2) is 4.98 Å². The molecular formula is C54H36N4O. The highest BCUT2D eigenvalue weighted by Gasteiger charge is 2.18. The lowest BCUT2D eigenvalue weighted by atomic mass is 9.98. The van der Waals surface area contributed by atoms with Crippen LogP contribution in [0.25, 0.3) is 105 Å². The Morgan fingerprint density at radius 2 is 0.814 bits per heavy atom. The highest BCUT2D eigenvalue weighted by atomic mass is 16.1. The van der Waals surface area contributed by atoms with Crippen molar-refractivity contribution in [3.05, 3.63) is 204 Å². The lowest BCUT2D eigenvalue weighted by Crippen LogP contribution is -2.19. The molecule has 278 valence electrons. The summed E-state index contributed by atoms with van der Waals surface area (Å²) in [5.74, 6) is 0. The van der Waals surface area contributed by atoms with Crippen molar-refractivity contribution in [3.63, 3.8) is 0 Å². The third-order valence-electron chi connectivity index (χ3n) is 12.5. The summed E-state index contributed by atoms with van der Waals surface area (Å²) in [6.45, 7) is 4.10. The molecule has 0 aliphatic rings. The Kier molecular flexibility index (Phi) is 7.14. The minimum Gasteiger partial charge on any atom is -0.309 e. The van der Waals surface area contributed by atoms with Gasteiger partial charge in [0.25, 0.3) is 5.56 Å². The predicted molar refractivity (Wildman–Crippen MR) is 245 cm³/mol. The largest absolute Gasteiger partial charge is 0.309 e. The van der Waals surface area contributed by atoms with E-state index in [0.717, 1.165) is 66.5 Å². The maximum atomic E-state index is 14.4. The van der Waals surface area contributed by atoms with E-state index < -0.39 is 0 Å². The van der Waals surface area contributed by atoms with Gasteiger partial charge in [-0.3, -0.25) is 9.20 Å². The van der Waals surface area contributed by atoms with Crippen molar-refractivity contribution in [1.29, 1.82) is 0 Å². The number of fused-ring (bicyclic) bond motifs is 10. The monoisotopic (exact) mass is 756 g/mol. The molecule has 4 heterocycles. The van der Waals surface area contributed by atoms with Crippen LogP contribution >= 0.6 is 0 Å². The van der Waals surface area contributed by atoms with E-state index in [0.29, 0.717) is 16.6 Å². The summed E-state index contributed by atoms with van der Waals surface area (Å²) < 4.78 is 6.50. The van der Waals surface area contributed by atoms with Crippen molar-refractivity contribution in [2.24, 2.45) is 0 Å². The highest BCUT2D eigenvalue weighted by Crippen LogP contribution is 2.40. The summed E-state index contributed by atoms with van der Waals surface area (Å²) in [5.41, 5.74) is 14.6. The second-order valence-electron chi connectivity index (χ2n) is 15.6. The molecule has 0 bridgehead atoms. The third-order valence-corrected chi connectivity index (χ3v) is 12.5. The second-order valence-corrected chi connectivity index (χ2v) is 15.6. The van der Waals surface area contributed by atoms with Gasteiger partial charge in [0.05, 0.1) is 33.0 Å². The molecule has 12 rings (SSSR count). The predicted octanol–water partition coefficient (Wildman–Crippen LogP) is 13.1. The summed E-state index contributed by atoms with van der Waals surface area (Å²) in [5, 5.41) is 7.49. The first-order chi connectivity index (χ1) is 29.0. The number of rotatable bonds is 4. The van der Waals surface area contributed by atoms with Gasteiger partial charge < -0.3 is 9.13 Å². The summed E-state index contributed by atoms with van der Waals surface area (Å²) in [7, 11) is 0. The van der Waals surface area contributed by atoms with E-state index in [9.17, 15) is 4.79 Å². The molecule has 0 fully saturated rings. The number of hydrogen-bond donors (Lipinski definition) is 0. The number of para-hydroxylation sites is 3. The van der Waals surface area contributed by atoms with Crippen molar-refractivity contribution in [2.75, 3.05) is 0 Å². The van der Waals surface area contributed by atoms with E-state index in [4.69, 9.17) is 4.98 Å². The molecule has 0 atom stereocenters. The Labute approximate surface area is 339 Å². The molecule has 12 aromatic rings. The zero-order valence-corrected chi connectivity index (χ0v) is 32.5. The van der Waals surface area contributed by atoms with Gasteiger partial charge in [-0.1, -0.05) is 103 Å². The fourth-order valence-electron chi connectivity index (χ4n) is 9.47. The van der Waals surface area contributed by atoms with Crippen molar-refractivity contribution < 1.29 is 0 Å². The maximum Gasteiger partial charge on any atom is 0.265 e. The highest BCUT2D eigenvalue weighted by molar-refractivity contribution is 6.13. The molecule has 0 N–H and O–H groups in total. The molecule has 0 unspecified atom stereocenters. The van der Waals surface area contributed by atoms with E-state index in [1.54, 1.807) is 4.40 Å². The van der Waals surface area contributed by atoms with Crippen molar-refractivity contribution >= 4 is 70.9 Å². The number of hydrogen-bond acceptors (Lipinski definition) is 2. The van der Waals surface area contributed by atoms with Gasteiger partial charge in [0.15, 0.2) is 0 Å². The van der Waals surface area contributed by atoms with Crippen molar-refractivity contribution in [1.82, 2.24) is 18.5 Å². The first kappa shape index (κ1) is 33.4. The average Bonchev–Trinajstić information content (AvgIpc) is 3.80. The van der Waals surface area contributed by atoms with Crippen LogP contribution in [0, 0.1) is 13.8 Å². The normalized spacial score (nSPS) is 12.0. The molecule has 5 heteroatoms. The Bertz CT molecular complexity index is 3760. The fraction of sp³-hybridized carbons (Fsp3) is 0.0370. The average molecular weight is 757 g/mol. The molecular weight excluding hydrogens is 721 g/mol. The summed E-state index contributed by atoms with van der Waals surface area (Å²) in [6.07, 6.45) is 0. The van der Waals surface area contributed by atoms with Crippen molar-refractivity contribution in [3.8, 4) is 33.6 Å². The number of benzene rings is 8. The van der Waals surface area contributed by atoms with Crippen LogP contribution in [0.1, 0.15) is 11.3 Å². The minimum absolute atomic E-state index is 0.0477. The Morgan fingerprint density at radius 1 is 0.390 bits per heavy atom. The van der Waals surface area contributed by atoms with Gasteiger partial charge in [-0.2, -0.15) is 0 Å². The Morgan fingerprint density at radius 3 is 1.37 bits per heavy atom. The Hall–Kier alpha value is -7.76. The quantitative estimate of drug-likeness (QED) is 0.133. The van der Waals surface area contributed by atoms with Gasteiger partial charge in [0.1, 0.15) is 5.65 Å². The van der Waals surface area contributed by atoms with Gasteiger partial charge in [0, 0.05) is 44.0 Å².